The summed E-state index contributed by atoms with van der Waals surface area (Å²) in [5.74, 6) is 2.46. The minimum atomic E-state index is -0.201. The first kappa shape index (κ1) is 50.9. The maximum atomic E-state index is 13.5. The molecule has 0 bridgehead atoms. The van der Waals surface area contributed by atoms with Gasteiger partial charge in [0.25, 0.3) is 0 Å². The van der Waals surface area contributed by atoms with E-state index in [0.29, 0.717) is 6.61 Å². The molecule has 0 unspecified atom stereocenters. The molecule has 0 aliphatic rings. The minimum Gasteiger partial charge on any atom is -0.493 e. The number of aryl methyl sites for hydroxylation is 1. The molecule has 0 fully saturated rings. The van der Waals surface area contributed by atoms with Gasteiger partial charge >= 0.3 is 0 Å². The standard InChI is InChI=1S/C27H49NO.C22H39FN2O/c1-8-9-18-28(22-23(2)3)19-14-12-10-11-13-15-20-29-26-17-16-24(4)21-25(26)27(5,6)7;1-5-6-14-25(16-13-24)15-9-7-8-10-17-26-21-12-11-19(23)18-20(21)22(2,3)4/h16-17,21,23H,8-15,18-20,22H2,1-7H3;11-12,18H,5-10,13-17,24H2,1-4H3. The fraction of sp³-hybridized carbons (Fsp3) is 0.755. The zero-order chi connectivity index (χ0) is 41.1. The van der Waals surface area contributed by atoms with E-state index in [0.717, 1.165) is 75.0 Å². The lowest BCUT2D eigenvalue weighted by Crippen LogP contribution is -2.31. The van der Waals surface area contributed by atoms with Crippen LogP contribution in [-0.2, 0) is 10.8 Å². The maximum absolute atomic E-state index is 13.5. The smallest absolute Gasteiger partial charge is 0.123 e. The SMILES string of the molecule is CCCCN(CCCCCCCCOc1ccc(C)cc1C(C)(C)C)CC(C)C.CCCCN(CCN)CCCCCCOc1ccc(F)cc1C(C)(C)C. The Morgan fingerprint density at radius 2 is 1.02 bits per heavy atom. The van der Waals surface area contributed by atoms with Crippen molar-refractivity contribution in [2.45, 2.75) is 177 Å². The zero-order valence-corrected chi connectivity index (χ0v) is 38.0. The first-order valence-electron chi connectivity index (χ1n) is 22.4. The third-order valence-corrected chi connectivity index (χ3v) is 10.2. The summed E-state index contributed by atoms with van der Waals surface area (Å²) >= 11 is 0. The first-order valence-corrected chi connectivity index (χ1v) is 22.4. The van der Waals surface area contributed by atoms with Crippen molar-refractivity contribution < 1.29 is 13.9 Å². The van der Waals surface area contributed by atoms with Gasteiger partial charge in [-0.1, -0.05) is 138 Å². The van der Waals surface area contributed by atoms with E-state index in [4.69, 9.17) is 15.2 Å². The van der Waals surface area contributed by atoms with E-state index < -0.39 is 0 Å². The van der Waals surface area contributed by atoms with Crippen molar-refractivity contribution >= 4 is 0 Å². The Morgan fingerprint density at radius 1 is 0.582 bits per heavy atom. The number of halogens is 1. The van der Waals surface area contributed by atoms with Gasteiger partial charge in [-0.05, 0) is 118 Å². The Morgan fingerprint density at radius 3 is 1.51 bits per heavy atom. The molecule has 2 rings (SSSR count). The molecule has 2 aromatic carbocycles. The van der Waals surface area contributed by atoms with Crippen molar-refractivity contribution in [1.82, 2.24) is 9.80 Å². The van der Waals surface area contributed by atoms with E-state index in [2.05, 4.69) is 104 Å². The van der Waals surface area contributed by atoms with Crippen molar-refractivity contribution in [2.24, 2.45) is 11.7 Å². The van der Waals surface area contributed by atoms with Crippen LogP contribution >= 0.6 is 0 Å². The Balaban J connectivity index is 0.000000553. The van der Waals surface area contributed by atoms with Gasteiger partial charge in [-0.2, -0.15) is 0 Å². The summed E-state index contributed by atoms with van der Waals surface area (Å²) < 4.78 is 25.6. The molecule has 0 aliphatic heterocycles. The highest BCUT2D eigenvalue weighted by molar-refractivity contribution is 5.41. The van der Waals surface area contributed by atoms with E-state index >= 15 is 0 Å². The van der Waals surface area contributed by atoms with Crippen LogP contribution in [0.4, 0.5) is 4.39 Å². The predicted octanol–water partition coefficient (Wildman–Crippen LogP) is 12.9. The molecule has 6 heteroatoms. The molecule has 318 valence electrons. The molecule has 0 amide bonds. The summed E-state index contributed by atoms with van der Waals surface area (Å²) in [6.07, 6.45) is 17.6. The Kier molecular flexibility index (Phi) is 26.9. The highest BCUT2D eigenvalue weighted by atomic mass is 19.1. The van der Waals surface area contributed by atoms with Crippen molar-refractivity contribution in [3.8, 4) is 11.5 Å². The molecule has 0 saturated carbocycles. The first-order chi connectivity index (χ1) is 26.1. The van der Waals surface area contributed by atoms with Gasteiger partial charge in [0.1, 0.15) is 17.3 Å². The van der Waals surface area contributed by atoms with E-state index in [1.165, 1.54) is 107 Å². The third-order valence-electron chi connectivity index (χ3n) is 10.2. The quantitative estimate of drug-likeness (QED) is 0.0874. The van der Waals surface area contributed by atoms with Gasteiger partial charge in [0.05, 0.1) is 13.2 Å². The Bertz CT molecular complexity index is 1240. The molecule has 0 saturated heterocycles. The van der Waals surface area contributed by atoms with Crippen LogP contribution in [0.1, 0.15) is 176 Å². The van der Waals surface area contributed by atoms with Gasteiger partial charge in [-0.15, -0.1) is 0 Å². The second-order valence-electron chi connectivity index (χ2n) is 18.4. The molecule has 0 aliphatic carbocycles. The van der Waals surface area contributed by atoms with E-state index in [9.17, 15) is 4.39 Å². The summed E-state index contributed by atoms with van der Waals surface area (Å²) in [6.45, 7) is 33.8. The van der Waals surface area contributed by atoms with Gasteiger partial charge in [0, 0.05) is 25.2 Å². The van der Waals surface area contributed by atoms with Crippen LogP contribution < -0.4 is 15.2 Å². The third kappa shape index (κ3) is 24.3. The number of benzene rings is 2. The largest absolute Gasteiger partial charge is 0.493 e. The molecule has 2 aromatic rings. The lowest BCUT2D eigenvalue weighted by Gasteiger charge is -2.24. The van der Waals surface area contributed by atoms with Crippen molar-refractivity contribution in [3.05, 3.63) is 58.9 Å². The van der Waals surface area contributed by atoms with Gasteiger partial charge in [0.2, 0.25) is 0 Å². The molecule has 2 N–H and O–H groups in total. The Hall–Kier alpha value is -2.15. The summed E-state index contributed by atoms with van der Waals surface area (Å²) in [5, 5.41) is 0. The number of hydrogen-bond donors (Lipinski definition) is 1. The molecular formula is C49H88FN3O2. The lowest BCUT2D eigenvalue weighted by molar-refractivity contribution is 0.235. The number of ether oxygens (including phenoxy) is 2. The van der Waals surface area contributed by atoms with Crippen LogP contribution in [0.2, 0.25) is 0 Å². The summed E-state index contributed by atoms with van der Waals surface area (Å²) in [6, 6.07) is 11.4. The molecular weight excluding hydrogens is 682 g/mol. The molecule has 55 heavy (non-hydrogen) atoms. The van der Waals surface area contributed by atoms with E-state index in [1.807, 2.05) is 0 Å². The lowest BCUT2D eigenvalue weighted by atomic mass is 9.85. The normalized spacial score (nSPS) is 12.1. The number of nitrogens with zero attached hydrogens (tertiary/aromatic N) is 2. The Labute approximate surface area is 340 Å². The number of rotatable bonds is 28. The van der Waals surface area contributed by atoms with Crippen LogP contribution in [-0.4, -0.2) is 68.8 Å². The summed E-state index contributed by atoms with van der Waals surface area (Å²) in [7, 11) is 0. The second-order valence-corrected chi connectivity index (χ2v) is 18.4. The number of nitrogens with two attached hydrogens (primary N) is 1. The van der Waals surface area contributed by atoms with Gasteiger partial charge in [-0.3, -0.25) is 0 Å². The van der Waals surface area contributed by atoms with Crippen LogP contribution in [0.25, 0.3) is 0 Å². The van der Waals surface area contributed by atoms with Gasteiger partial charge in [0.15, 0.2) is 0 Å². The highest BCUT2D eigenvalue weighted by Crippen LogP contribution is 2.33. The minimum absolute atomic E-state index is 0.123. The fourth-order valence-electron chi connectivity index (χ4n) is 6.96. The number of hydrogen-bond acceptors (Lipinski definition) is 5. The van der Waals surface area contributed by atoms with Crippen LogP contribution in [0.3, 0.4) is 0 Å². The zero-order valence-electron chi connectivity index (χ0n) is 38.0. The van der Waals surface area contributed by atoms with Crippen LogP contribution in [0, 0.1) is 18.7 Å². The topological polar surface area (TPSA) is 51.0 Å². The van der Waals surface area contributed by atoms with Crippen LogP contribution in [0.5, 0.6) is 11.5 Å². The van der Waals surface area contributed by atoms with Crippen molar-refractivity contribution in [1.29, 1.82) is 0 Å². The van der Waals surface area contributed by atoms with Crippen molar-refractivity contribution in [3.63, 3.8) is 0 Å². The molecule has 0 spiro atoms. The molecule has 0 radical (unpaired) electrons. The van der Waals surface area contributed by atoms with Crippen LogP contribution in [0.15, 0.2) is 36.4 Å². The molecule has 5 nitrogen and oxygen atoms in total. The van der Waals surface area contributed by atoms with Crippen molar-refractivity contribution in [2.75, 3.05) is 59.0 Å². The molecule has 0 atom stereocenters. The summed E-state index contributed by atoms with van der Waals surface area (Å²) in [5.41, 5.74) is 9.27. The average molecular weight is 770 g/mol. The van der Waals surface area contributed by atoms with E-state index in [-0.39, 0.29) is 16.6 Å². The fourth-order valence-corrected chi connectivity index (χ4v) is 6.96. The van der Waals surface area contributed by atoms with Gasteiger partial charge < -0.3 is 25.0 Å². The highest BCUT2D eigenvalue weighted by Gasteiger charge is 2.20. The van der Waals surface area contributed by atoms with E-state index in [1.54, 1.807) is 12.1 Å². The maximum Gasteiger partial charge on any atom is 0.123 e. The summed E-state index contributed by atoms with van der Waals surface area (Å²) in [4.78, 5) is 5.16. The average Bonchev–Trinajstić information content (AvgIpc) is 3.11. The monoisotopic (exact) mass is 770 g/mol. The molecule has 0 aromatic heterocycles. The molecule has 0 heterocycles. The predicted molar refractivity (Wildman–Crippen MR) is 239 cm³/mol. The second kappa shape index (κ2) is 29.1. The van der Waals surface area contributed by atoms with Gasteiger partial charge in [-0.25, -0.2) is 4.39 Å². The number of unbranched alkanes of at least 4 members (excludes halogenated alkanes) is 10.